The minimum absolute atomic E-state index is 0.708. The van der Waals surface area contributed by atoms with Gasteiger partial charge in [-0.05, 0) is 38.0 Å². The molecular weight excluding hydrogens is 278 g/mol. The standard InChI is InChI=1S/C17H21N3S/c1-4-5-10-20-14(3)13(2)19-17(20)21-12-16-8-6-15(11-18)7-9-16/h6-9H,4-5,10,12H2,1-3H3. The van der Waals surface area contributed by atoms with Gasteiger partial charge in [-0.3, -0.25) is 0 Å². The molecule has 21 heavy (non-hydrogen) atoms. The lowest BCUT2D eigenvalue weighted by molar-refractivity contribution is 0.575. The maximum Gasteiger partial charge on any atom is 0.168 e. The molecule has 0 aliphatic heterocycles. The molecule has 0 unspecified atom stereocenters. The first-order valence-corrected chi connectivity index (χ1v) is 8.29. The summed E-state index contributed by atoms with van der Waals surface area (Å²) in [5.41, 5.74) is 4.32. The highest BCUT2D eigenvalue weighted by molar-refractivity contribution is 7.98. The van der Waals surface area contributed by atoms with Crippen molar-refractivity contribution in [3.8, 4) is 6.07 Å². The molecule has 3 nitrogen and oxygen atoms in total. The first-order valence-electron chi connectivity index (χ1n) is 7.31. The Morgan fingerprint density at radius 1 is 1.24 bits per heavy atom. The number of imidazole rings is 1. The summed E-state index contributed by atoms with van der Waals surface area (Å²) in [6.07, 6.45) is 2.37. The van der Waals surface area contributed by atoms with Crippen molar-refractivity contribution in [3.63, 3.8) is 0 Å². The normalized spacial score (nSPS) is 10.6. The number of aromatic nitrogens is 2. The molecule has 1 aromatic carbocycles. The van der Waals surface area contributed by atoms with Crippen molar-refractivity contribution in [1.82, 2.24) is 9.55 Å². The smallest absolute Gasteiger partial charge is 0.168 e. The molecule has 2 aromatic rings. The Bertz CT molecular complexity index is 635. The highest BCUT2D eigenvalue weighted by atomic mass is 32.2. The number of hydrogen-bond acceptors (Lipinski definition) is 3. The van der Waals surface area contributed by atoms with Gasteiger partial charge >= 0.3 is 0 Å². The largest absolute Gasteiger partial charge is 0.323 e. The lowest BCUT2D eigenvalue weighted by atomic mass is 10.2. The summed E-state index contributed by atoms with van der Waals surface area (Å²) in [7, 11) is 0. The van der Waals surface area contributed by atoms with Gasteiger partial charge in [-0.1, -0.05) is 37.2 Å². The van der Waals surface area contributed by atoms with Crippen LogP contribution in [0, 0.1) is 25.2 Å². The fourth-order valence-electron chi connectivity index (χ4n) is 2.14. The molecule has 0 atom stereocenters. The fourth-order valence-corrected chi connectivity index (χ4v) is 3.21. The van der Waals surface area contributed by atoms with Crippen molar-refractivity contribution < 1.29 is 0 Å². The predicted molar refractivity (Wildman–Crippen MR) is 87.3 cm³/mol. The van der Waals surface area contributed by atoms with Crippen molar-refractivity contribution in [3.05, 3.63) is 46.8 Å². The van der Waals surface area contributed by atoms with Crippen LogP contribution in [-0.2, 0) is 12.3 Å². The number of rotatable bonds is 6. The minimum Gasteiger partial charge on any atom is -0.323 e. The van der Waals surface area contributed by atoms with Gasteiger partial charge in [-0.25, -0.2) is 4.98 Å². The van der Waals surface area contributed by atoms with E-state index < -0.39 is 0 Å². The van der Waals surface area contributed by atoms with Crippen LogP contribution >= 0.6 is 11.8 Å². The SMILES string of the molecule is CCCCn1c(SCc2ccc(C#N)cc2)nc(C)c1C. The number of nitrogens with zero attached hydrogens (tertiary/aromatic N) is 3. The number of nitriles is 1. The minimum atomic E-state index is 0.708. The number of unbranched alkanes of at least 4 members (excludes halogenated alkanes) is 1. The first kappa shape index (κ1) is 15.7. The average Bonchev–Trinajstić information content (AvgIpc) is 2.78. The quantitative estimate of drug-likeness (QED) is 0.739. The van der Waals surface area contributed by atoms with Gasteiger partial charge in [0.25, 0.3) is 0 Å². The second kappa shape index (κ2) is 7.33. The summed E-state index contributed by atoms with van der Waals surface area (Å²) in [6, 6.07) is 9.93. The van der Waals surface area contributed by atoms with E-state index in [4.69, 9.17) is 5.26 Å². The van der Waals surface area contributed by atoms with E-state index in [1.54, 1.807) is 11.8 Å². The maximum absolute atomic E-state index is 8.82. The van der Waals surface area contributed by atoms with Gasteiger partial charge in [0, 0.05) is 18.0 Å². The molecule has 0 N–H and O–H groups in total. The Hall–Kier alpha value is -1.73. The number of thioether (sulfide) groups is 1. The van der Waals surface area contributed by atoms with Crippen LogP contribution in [0.1, 0.15) is 42.3 Å². The summed E-state index contributed by atoms with van der Waals surface area (Å²) in [6.45, 7) is 7.47. The van der Waals surface area contributed by atoms with E-state index in [2.05, 4.69) is 36.4 Å². The Morgan fingerprint density at radius 2 is 1.95 bits per heavy atom. The summed E-state index contributed by atoms with van der Waals surface area (Å²) < 4.78 is 2.33. The molecule has 0 radical (unpaired) electrons. The second-order valence-electron chi connectivity index (χ2n) is 5.17. The molecule has 0 aliphatic carbocycles. The van der Waals surface area contributed by atoms with Crippen molar-refractivity contribution in [1.29, 1.82) is 5.26 Å². The van der Waals surface area contributed by atoms with Crippen LogP contribution in [-0.4, -0.2) is 9.55 Å². The lowest BCUT2D eigenvalue weighted by Gasteiger charge is -2.09. The first-order chi connectivity index (χ1) is 10.2. The second-order valence-corrected chi connectivity index (χ2v) is 6.11. The fraction of sp³-hybridized carbons (Fsp3) is 0.412. The maximum atomic E-state index is 8.82. The molecule has 110 valence electrons. The highest BCUT2D eigenvalue weighted by Crippen LogP contribution is 2.25. The van der Waals surface area contributed by atoms with E-state index in [9.17, 15) is 0 Å². The molecule has 1 heterocycles. The van der Waals surface area contributed by atoms with Gasteiger partial charge in [0.1, 0.15) is 0 Å². The molecule has 0 aliphatic rings. The zero-order chi connectivity index (χ0) is 15.2. The number of aryl methyl sites for hydroxylation is 1. The third kappa shape index (κ3) is 3.89. The van der Waals surface area contributed by atoms with E-state index >= 15 is 0 Å². The Kier molecular flexibility index (Phi) is 5.46. The molecule has 0 bridgehead atoms. The summed E-state index contributed by atoms with van der Waals surface area (Å²) in [5, 5.41) is 9.92. The topological polar surface area (TPSA) is 41.6 Å². The zero-order valence-corrected chi connectivity index (χ0v) is 13.7. The van der Waals surface area contributed by atoms with Crippen LogP contribution in [0.5, 0.6) is 0 Å². The Labute approximate surface area is 131 Å². The summed E-state index contributed by atoms with van der Waals surface area (Å²) in [5.74, 6) is 0.883. The van der Waals surface area contributed by atoms with Gasteiger partial charge in [-0.2, -0.15) is 5.26 Å². The number of hydrogen-bond donors (Lipinski definition) is 0. The molecule has 0 spiro atoms. The molecular formula is C17H21N3S. The average molecular weight is 299 g/mol. The van der Waals surface area contributed by atoms with Crippen molar-refractivity contribution in [2.75, 3.05) is 0 Å². The monoisotopic (exact) mass is 299 g/mol. The third-order valence-corrected chi connectivity index (χ3v) is 4.66. The van der Waals surface area contributed by atoms with Crippen LogP contribution < -0.4 is 0 Å². The van der Waals surface area contributed by atoms with Crippen molar-refractivity contribution >= 4 is 11.8 Å². The third-order valence-electron chi connectivity index (χ3n) is 3.61. The molecule has 1 aromatic heterocycles. The van der Waals surface area contributed by atoms with Gasteiger partial charge in [0.05, 0.1) is 17.3 Å². The Morgan fingerprint density at radius 3 is 2.57 bits per heavy atom. The molecule has 2 rings (SSSR count). The molecule has 0 amide bonds. The predicted octanol–water partition coefficient (Wildman–Crippen LogP) is 4.46. The van der Waals surface area contributed by atoms with Gasteiger partial charge < -0.3 is 4.57 Å². The highest BCUT2D eigenvalue weighted by Gasteiger charge is 2.11. The van der Waals surface area contributed by atoms with Crippen LogP contribution in [0.3, 0.4) is 0 Å². The van der Waals surface area contributed by atoms with E-state index in [1.165, 1.54) is 24.1 Å². The van der Waals surface area contributed by atoms with Gasteiger partial charge in [0.15, 0.2) is 5.16 Å². The Balaban J connectivity index is 2.08. The summed E-state index contributed by atoms with van der Waals surface area (Å²) >= 11 is 1.77. The van der Waals surface area contributed by atoms with Crippen molar-refractivity contribution in [2.24, 2.45) is 0 Å². The van der Waals surface area contributed by atoms with E-state index in [0.717, 1.165) is 23.1 Å². The zero-order valence-electron chi connectivity index (χ0n) is 12.9. The molecule has 0 fully saturated rings. The van der Waals surface area contributed by atoms with Gasteiger partial charge in [0.2, 0.25) is 0 Å². The number of benzene rings is 1. The van der Waals surface area contributed by atoms with Crippen LogP contribution in [0.4, 0.5) is 0 Å². The van der Waals surface area contributed by atoms with Crippen LogP contribution in [0.2, 0.25) is 0 Å². The van der Waals surface area contributed by atoms with E-state index in [1.807, 2.05) is 24.3 Å². The molecule has 0 saturated heterocycles. The lowest BCUT2D eigenvalue weighted by Crippen LogP contribution is -2.02. The molecule has 4 heteroatoms. The van der Waals surface area contributed by atoms with E-state index in [-0.39, 0.29) is 0 Å². The van der Waals surface area contributed by atoms with Crippen LogP contribution in [0.15, 0.2) is 29.4 Å². The molecule has 0 saturated carbocycles. The summed E-state index contributed by atoms with van der Waals surface area (Å²) in [4.78, 5) is 4.69. The van der Waals surface area contributed by atoms with Crippen LogP contribution in [0.25, 0.3) is 0 Å². The van der Waals surface area contributed by atoms with Gasteiger partial charge in [-0.15, -0.1) is 0 Å². The van der Waals surface area contributed by atoms with E-state index in [0.29, 0.717) is 5.56 Å². The van der Waals surface area contributed by atoms with Crippen molar-refractivity contribution in [2.45, 2.75) is 51.1 Å².